The van der Waals surface area contributed by atoms with Crippen LogP contribution in [0.25, 0.3) is 0 Å². The summed E-state index contributed by atoms with van der Waals surface area (Å²) in [4.78, 5) is 25.3. The standard InChI is InChI=1S/C22H29N3O5S/c1-5-31(28,29)25-18-12-11-17(14-19(18)30-4)23-22(27)21(16-9-7-6-8-10-16)24-20(26)13-15(2)3/h6-12,14-15,21,25H,5,13H2,1-4H3,(H,23,27)(H,24,26). The van der Waals surface area contributed by atoms with Crippen LogP contribution in [-0.2, 0) is 19.6 Å². The lowest BCUT2D eigenvalue weighted by Gasteiger charge is -2.20. The van der Waals surface area contributed by atoms with E-state index in [0.717, 1.165) is 0 Å². The van der Waals surface area contributed by atoms with E-state index in [1.165, 1.54) is 26.2 Å². The van der Waals surface area contributed by atoms with Crippen molar-refractivity contribution in [3.8, 4) is 5.75 Å². The molecule has 168 valence electrons. The fraction of sp³-hybridized carbons (Fsp3) is 0.364. The normalized spacial score (nSPS) is 12.2. The van der Waals surface area contributed by atoms with Crippen LogP contribution in [0, 0.1) is 5.92 Å². The molecule has 31 heavy (non-hydrogen) atoms. The number of carbonyl (C=O) groups excluding carboxylic acids is 2. The molecular weight excluding hydrogens is 418 g/mol. The molecule has 0 aliphatic heterocycles. The molecule has 9 heteroatoms. The van der Waals surface area contributed by atoms with Gasteiger partial charge in [0.25, 0.3) is 5.91 Å². The summed E-state index contributed by atoms with van der Waals surface area (Å²) in [6.07, 6.45) is 0.302. The zero-order chi connectivity index (χ0) is 23.0. The highest BCUT2D eigenvalue weighted by atomic mass is 32.2. The van der Waals surface area contributed by atoms with E-state index in [-0.39, 0.29) is 29.0 Å². The molecule has 0 aliphatic carbocycles. The maximum Gasteiger partial charge on any atom is 0.251 e. The maximum absolute atomic E-state index is 13.0. The SMILES string of the molecule is CCS(=O)(=O)Nc1ccc(NC(=O)C(NC(=O)CC(C)C)c2ccccc2)cc1OC. The van der Waals surface area contributed by atoms with E-state index in [2.05, 4.69) is 15.4 Å². The fourth-order valence-electron chi connectivity index (χ4n) is 2.84. The number of benzene rings is 2. The first kappa shape index (κ1) is 24.2. The lowest BCUT2D eigenvalue weighted by Crippen LogP contribution is -2.37. The lowest BCUT2D eigenvalue weighted by atomic mass is 10.0. The van der Waals surface area contributed by atoms with Crippen molar-refractivity contribution in [3.63, 3.8) is 0 Å². The number of rotatable bonds is 10. The van der Waals surface area contributed by atoms with Crippen molar-refractivity contribution in [2.24, 2.45) is 5.92 Å². The Labute approximate surface area is 183 Å². The molecule has 0 spiro atoms. The molecule has 0 saturated carbocycles. The topological polar surface area (TPSA) is 114 Å². The van der Waals surface area contributed by atoms with Gasteiger partial charge in [-0.3, -0.25) is 14.3 Å². The minimum atomic E-state index is -3.48. The molecule has 0 aromatic heterocycles. The summed E-state index contributed by atoms with van der Waals surface area (Å²) in [6, 6.07) is 12.7. The number of methoxy groups -OCH3 is 1. The third-order valence-electron chi connectivity index (χ3n) is 4.41. The van der Waals surface area contributed by atoms with E-state index in [0.29, 0.717) is 17.7 Å². The van der Waals surface area contributed by atoms with Gasteiger partial charge in [-0.25, -0.2) is 8.42 Å². The molecule has 0 fully saturated rings. The minimum absolute atomic E-state index is 0.0799. The van der Waals surface area contributed by atoms with Gasteiger partial charge in [0.1, 0.15) is 11.8 Å². The monoisotopic (exact) mass is 447 g/mol. The first-order valence-corrected chi connectivity index (χ1v) is 11.6. The summed E-state index contributed by atoms with van der Waals surface area (Å²) < 4.78 is 31.4. The summed E-state index contributed by atoms with van der Waals surface area (Å²) in [6.45, 7) is 5.39. The van der Waals surface area contributed by atoms with Crippen LogP contribution >= 0.6 is 0 Å². The molecule has 2 aromatic rings. The van der Waals surface area contributed by atoms with Crippen LogP contribution in [-0.4, -0.2) is 33.1 Å². The van der Waals surface area contributed by atoms with Crippen LogP contribution in [0.4, 0.5) is 11.4 Å². The van der Waals surface area contributed by atoms with Crippen LogP contribution < -0.4 is 20.1 Å². The third kappa shape index (κ3) is 7.29. The maximum atomic E-state index is 13.0. The lowest BCUT2D eigenvalue weighted by molar-refractivity contribution is -0.127. The predicted molar refractivity (Wildman–Crippen MR) is 121 cm³/mol. The second-order valence-electron chi connectivity index (χ2n) is 7.42. The summed E-state index contributed by atoms with van der Waals surface area (Å²) in [5.74, 6) is -0.310. The highest BCUT2D eigenvalue weighted by Gasteiger charge is 2.23. The highest BCUT2D eigenvalue weighted by Crippen LogP contribution is 2.29. The molecule has 2 amide bonds. The molecule has 3 N–H and O–H groups in total. The molecule has 1 unspecified atom stereocenters. The Kier molecular flexibility index (Phi) is 8.44. The van der Waals surface area contributed by atoms with Crippen LogP contribution in [0.1, 0.15) is 38.8 Å². The van der Waals surface area contributed by atoms with E-state index >= 15 is 0 Å². The summed E-state index contributed by atoms with van der Waals surface area (Å²) in [7, 11) is -2.07. The average Bonchev–Trinajstić information content (AvgIpc) is 2.73. The molecule has 1 atom stereocenters. The smallest absolute Gasteiger partial charge is 0.251 e. The Balaban J connectivity index is 2.25. The number of hydrogen-bond acceptors (Lipinski definition) is 5. The van der Waals surface area contributed by atoms with Crippen molar-refractivity contribution < 1.29 is 22.7 Å². The zero-order valence-electron chi connectivity index (χ0n) is 18.1. The van der Waals surface area contributed by atoms with E-state index in [1.807, 2.05) is 19.9 Å². The molecule has 2 rings (SSSR count). The van der Waals surface area contributed by atoms with Gasteiger partial charge in [-0.2, -0.15) is 0 Å². The molecule has 8 nitrogen and oxygen atoms in total. The second-order valence-corrected chi connectivity index (χ2v) is 9.43. The number of ether oxygens (including phenoxy) is 1. The van der Waals surface area contributed by atoms with Gasteiger partial charge in [0.2, 0.25) is 15.9 Å². The first-order valence-electron chi connectivity index (χ1n) is 9.99. The van der Waals surface area contributed by atoms with Gasteiger partial charge in [0, 0.05) is 18.2 Å². The van der Waals surface area contributed by atoms with Crippen molar-refractivity contribution in [2.45, 2.75) is 33.2 Å². The predicted octanol–water partition coefficient (Wildman–Crippen LogP) is 3.30. The summed E-state index contributed by atoms with van der Waals surface area (Å²) in [5, 5.41) is 5.56. The Morgan fingerprint density at radius 2 is 1.74 bits per heavy atom. The van der Waals surface area contributed by atoms with Gasteiger partial charge in [-0.1, -0.05) is 44.2 Å². The van der Waals surface area contributed by atoms with Crippen molar-refractivity contribution in [1.29, 1.82) is 0 Å². The number of amides is 2. The highest BCUT2D eigenvalue weighted by molar-refractivity contribution is 7.92. The van der Waals surface area contributed by atoms with Gasteiger partial charge in [0.15, 0.2) is 0 Å². The van der Waals surface area contributed by atoms with Gasteiger partial charge in [0.05, 0.1) is 18.6 Å². The number of nitrogens with one attached hydrogen (secondary N) is 3. The van der Waals surface area contributed by atoms with Gasteiger partial charge >= 0.3 is 0 Å². The zero-order valence-corrected chi connectivity index (χ0v) is 19.0. The summed E-state index contributed by atoms with van der Waals surface area (Å²) >= 11 is 0. The largest absolute Gasteiger partial charge is 0.494 e. The van der Waals surface area contributed by atoms with Crippen LogP contribution in [0.5, 0.6) is 5.75 Å². The van der Waals surface area contributed by atoms with Crippen LogP contribution in [0.3, 0.4) is 0 Å². The van der Waals surface area contributed by atoms with Crippen LogP contribution in [0.2, 0.25) is 0 Å². The molecule has 0 saturated heterocycles. The number of hydrogen-bond donors (Lipinski definition) is 3. The molecular formula is C22H29N3O5S. The van der Waals surface area contributed by atoms with E-state index in [9.17, 15) is 18.0 Å². The Bertz CT molecular complexity index is 1010. The van der Waals surface area contributed by atoms with Crippen molar-refractivity contribution in [3.05, 3.63) is 54.1 Å². The van der Waals surface area contributed by atoms with Crippen molar-refractivity contribution in [2.75, 3.05) is 22.9 Å². The van der Waals surface area contributed by atoms with Crippen molar-refractivity contribution >= 4 is 33.2 Å². The number of sulfonamides is 1. The van der Waals surface area contributed by atoms with E-state index < -0.39 is 22.0 Å². The Morgan fingerprint density at radius 1 is 1.06 bits per heavy atom. The number of anilines is 2. The summed E-state index contributed by atoms with van der Waals surface area (Å²) in [5.41, 5.74) is 1.32. The van der Waals surface area contributed by atoms with Crippen LogP contribution in [0.15, 0.2) is 48.5 Å². The fourth-order valence-corrected chi connectivity index (χ4v) is 3.49. The Morgan fingerprint density at radius 3 is 2.32 bits per heavy atom. The molecule has 0 aliphatic rings. The van der Waals surface area contributed by atoms with Gasteiger partial charge < -0.3 is 15.4 Å². The molecule has 0 bridgehead atoms. The van der Waals surface area contributed by atoms with E-state index in [4.69, 9.17) is 4.74 Å². The molecule has 2 aromatic carbocycles. The molecule has 0 radical (unpaired) electrons. The van der Waals surface area contributed by atoms with Gasteiger partial charge in [-0.15, -0.1) is 0 Å². The Hall–Kier alpha value is -3.07. The quantitative estimate of drug-likeness (QED) is 0.517. The number of carbonyl (C=O) groups is 2. The minimum Gasteiger partial charge on any atom is -0.494 e. The van der Waals surface area contributed by atoms with E-state index in [1.54, 1.807) is 30.3 Å². The second kappa shape index (κ2) is 10.8. The average molecular weight is 448 g/mol. The first-order chi connectivity index (χ1) is 14.6. The van der Waals surface area contributed by atoms with Crippen molar-refractivity contribution in [1.82, 2.24) is 5.32 Å². The third-order valence-corrected chi connectivity index (χ3v) is 5.70. The van der Waals surface area contributed by atoms with Gasteiger partial charge in [-0.05, 0) is 30.5 Å². The molecule has 0 heterocycles.